The molecule has 90 valence electrons. The van der Waals surface area contributed by atoms with Crippen LogP contribution in [0.4, 0.5) is 0 Å². The van der Waals surface area contributed by atoms with Crippen molar-refractivity contribution < 1.29 is 8.42 Å². The van der Waals surface area contributed by atoms with Crippen molar-refractivity contribution in [2.45, 2.75) is 12.4 Å². The molecule has 5 heteroatoms. The predicted molar refractivity (Wildman–Crippen MR) is 67.4 cm³/mol. The zero-order valence-corrected chi connectivity index (χ0v) is 10.8. The number of benzene rings is 1. The second-order valence-corrected chi connectivity index (χ2v) is 6.28. The van der Waals surface area contributed by atoms with E-state index in [0.717, 1.165) is 11.1 Å². The minimum absolute atomic E-state index is 0.173. The van der Waals surface area contributed by atoms with E-state index < -0.39 is 9.84 Å². The predicted octanol–water partition coefficient (Wildman–Crippen LogP) is 1.56. The summed E-state index contributed by atoms with van der Waals surface area (Å²) >= 11 is 5.67. The fraction of sp³-hybridized carbons (Fsp3) is 0.455. The van der Waals surface area contributed by atoms with Crippen molar-refractivity contribution in [3.8, 4) is 0 Å². The summed E-state index contributed by atoms with van der Waals surface area (Å²) in [5, 5.41) is 3.08. The summed E-state index contributed by atoms with van der Waals surface area (Å²) in [5.74, 6) is 0.689. The SMILES string of the molecule is CS(=O)(=O)CCNCc1ccc(CCl)cc1. The average molecular weight is 262 g/mol. The van der Waals surface area contributed by atoms with Crippen LogP contribution in [0.1, 0.15) is 11.1 Å². The van der Waals surface area contributed by atoms with Gasteiger partial charge in [0.1, 0.15) is 9.84 Å². The van der Waals surface area contributed by atoms with Gasteiger partial charge in [0.05, 0.1) is 5.75 Å². The number of alkyl halides is 1. The summed E-state index contributed by atoms with van der Waals surface area (Å²) in [4.78, 5) is 0. The molecule has 0 aliphatic heterocycles. The van der Waals surface area contributed by atoms with E-state index in [0.29, 0.717) is 19.0 Å². The Hall–Kier alpha value is -0.580. The quantitative estimate of drug-likeness (QED) is 0.625. The lowest BCUT2D eigenvalue weighted by Crippen LogP contribution is -2.21. The molecular formula is C11H16ClNO2S. The van der Waals surface area contributed by atoms with Crippen LogP contribution >= 0.6 is 11.6 Å². The van der Waals surface area contributed by atoms with E-state index in [4.69, 9.17) is 11.6 Å². The number of sulfone groups is 1. The smallest absolute Gasteiger partial charge is 0.148 e. The topological polar surface area (TPSA) is 46.2 Å². The molecule has 0 amide bonds. The molecule has 0 aliphatic rings. The highest BCUT2D eigenvalue weighted by molar-refractivity contribution is 7.90. The molecule has 0 atom stereocenters. The van der Waals surface area contributed by atoms with Crippen molar-refractivity contribution in [3.05, 3.63) is 35.4 Å². The Morgan fingerprint density at radius 3 is 2.25 bits per heavy atom. The third-order valence-electron chi connectivity index (χ3n) is 2.16. The Kier molecular flexibility index (Phi) is 5.25. The van der Waals surface area contributed by atoms with Gasteiger partial charge in [-0.15, -0.1) is 11.6 Å². The highest BCUT2D eigenvalue weighted by Gasteiger charge is 2.00. The monoisotopic (exact) mass is 261 g/mol. The Morgan fingerprint density at radius 1 is 1.19 bits per heavy atom. The molecule has 1 N–H and O–H groups in total. The van der Waals surface area contributed by atoms with E-state index in [2.05, 4.69) is 5.32 Å². The van der Waals surface area contributed by atoms with Crippen molar-refractivity contribution in [1.29, 1.82) is 0 Å². The van der Waals surface area contributed by atoms with Crippen molar-refractivity contribution in [2.24, 2.45) is 0 Å². The minimum atomic E-state index is -2.87. The normalized spacial score (nSPS) is 11.6. The van der Waals surface area contributed by atoms with E-state index in [9.17, 15) is 8.42 Å². The first-order chi connectivity index (χ1) is 7.51. The van der Waals surface area contributed by atoms with Gasteiger partial charge in [-0.1, -0.05) is 24.3 Å². The lowest BCUT2D eigenvalue weighted by atomic mass is 10.1. The van der Waals surface area contributed by atoms with Crippen LogP contribution in [0.5, 0.6) is 0 Å². The molecule has 0 heterocycles. The molecule has 0 aromatic heterocycles. The van der Waals surface area contributed by atoms with E-state index >= 15 is 0 Å². The third kappa shape index (κ3) is 5.49. The number of hydrogen-bond donors (Lipinski definition) is 1. The van der Waals surface area contributed by atoms with E-state index in [1.807, 2.05) is 24.3 Å². The molecule has 1 aromatic carbocycles. The Balaban J connectivity index is 2.32. The Labute approximate surface area is 102 Å². The maximum atomic E-state index is 10.9. The molecule has 0 bridgehead atoms. The number of nitrogens with one attached hydrogen (secondary N) is 1. The van der Waals surface area contributed by atoms with Crippen molar-refractivity contribution in [3.63, 3.8) is 0 Å². The lowest BCUT2D eigenvalue weighted by molar-refractivity contribution is 0.596. The maximum absolute atomic E-state index is 10.9. The van der Waals surface area contributed by atoms with E-state index in [1.54, 1.807) is 0 Å². The number of rotatable bonds is 6. The largest absolute Gasteiger partial charge is 0.312 e. The van der Waals surface area contributed by atoms with E-state index in [1.165, 1.54) is 6.26 Å². The highest BCUT2D eigenvalue weighted by atomic mass is 35.5. The first-order valence-corrected chi connectivity index (χ1v) is 7.63. The number of hydrogen-bond acceptors (Lipinski definition) is 3. The Bertz CT molecular complexity index is 414. The third-order valence-corrected chi connectivity index (χ3v) is 3.41. The fourth-order valence-corrected chi connectivity index (χ4v) is 1.93. The van der Waals surface area contributed by atoms with Gasteiger partial charge >= 0.3 is 0 Å². The zero-order valence-electron chi connectivity index (χ0n) is 9.24. The summed E-state index contributed by atoms with van der Waals surface area (Å²) in [6.45, 7) is 1.16. The second-order valence-electron chi connectivity index (χ2n) is 3.76. The van der Waals surface area contributed by atoms with Gasteiger partial charge < -0.3 is 5.32 Å². The van der Waals surface area contributed by atoms with Gasteiger partial charge in [0.25, 0.3) is 0 Å². The summed E-state index contributed by atoms with van der Waals surface area (Å²) in [7, 11) is -2.87. The second kappa shape index (κ2) is 6.23. The molecule has 16 heavy (non-hydrogen) atoms. The standard InChI is InChI=1S/C11H16ClNO2S/c1-16(14,15)7-6-13-9-11-4-2-10(8-12)3-5-11/h2-5,13H,6-9H2,1H3. The summed E-state index contributed by atoms with van der Waals surface area (Å²) in [6, 6.07) is 7.93. The van der Waals surface area contributed by atoms with Gasteiger partial charge in [-0.25, -0.2) is 8.42 Å². The Morgan fingerprint density at radius 2 is 1.75 bits per heavy atom. The van der Waals surface area contributed by atoms with Crippen molar-refractivity contribution in [1.82, 2.24) is 5.32 Å². The number of halogens is 1. The van der Waals surface area contributed by atoms with Crippen LogP contribution in [-0.2, 0) is 22.3 Å². The molecule has 0 unspecified atom stereocenters. The first kappa shape index (κ1) is 13.5. The van der Waals surface area contributed by atoms with Crippen LogP contribution in [-0.4, -0.2) is 27.0 Å². The average Bonchev–Trinajstić information content (AvgIpc) is 2.24. The maximum Gasteiger partial charge on any atom is 0.148 e. The van der Waals surface area contributed by atoms with Gasteiger partial charge in [0, 0.05) is 25.2 Å². The van der Waals surface area contributed by atoms with Crippen LogP contribution in [0.3, 0.4) is 0 Å². The van der Waals surface area contributed by atoms with Crippen LogP contribution in [0.15, 0.2) is 24.3 Å². The summed E-state index contributed by atoms with van der Waals surface area (Å²) in [5.41, 5.74) is 2.21. The highest BCUT2D eigenvalue weighted by Crippen LogP contribution is 2.06. The van der Waals surface area contributed by atoms with Crippen LogP contribution in [0, 0.1) is 0 Å². The molecule has 1 aromatic rings. The van der Waals surface area contributed by atoms with Crippen molar-refractivity contribution >= 4 is 21.4 Å². The van der Waals surface area contributed by atoms with E-state index in [-0.39, 0.29) is 5.75 Å². The molecule has 3 nitrogen and oxygen atoms in total. The molecule has 0 saturated heterocycles. The molecule has 0 spiro atoms. The zero-order chi connectivity index (χ0) is 12.0. The molecule has 0 fully saturated rings. The van der Waals surface area contributed by atoms with Gasteiger partial charge in [-0.2, -0.15) is 0 Å². The minimum Gasteiger partial charge on any atom is -0.312 e. The van der Waals surface area contributed by atoms with Gasteiger partial charge in [0.2, 0.25) is 0 Å². The van der Waals surface area contributed by atoms with Crippen LogP contribution in [0.2, 0.25) is 0 Å². The summed E-state index contributed by atoms with van der Waals surface area (Å²) < 4.78 is 21.7. The fourth-order valence-electron chi connectivity index (χ4n) is 1.24. The van der Waals surface area contributed by atoms with Crippen molar-refractivity contribution in [2.75, 3.05) is 18.6 Å². The molecule has 0 radical (unpaired) electrons. The molecule has 1 rings (SSSR count). The lowest BCUT2D eigenvalue weighted by Gasteiger charge is -2.04. The molecular weight excluding hydrogens is 246 g/mol. The van der Waals surface area contributed by atoms with Crippen LogP contribution in [0.25, 0.3) is 0 Å². The van der Waals surface area contributed by atoms with Crippen LogP contribution < -0.4 is 5.32 Å². The van der Waals surface area contributed by atoms with Gasteiger partial charge in [-0.3, -0.25) is 0 Å². The molecule has 0 saturated carbocycles. The first-order valence-electron chi connectivity index (χ1n) is 5.03. The molecule has 0 aliphatic carbocycles. The van der Waals surface area contributed by atoms with Gasteiger partial charge in [0.15, 0.2) is 0 Å². The summed E-state index contributed by atoms with van der Waals surface area (Å²) in [6.07, 6.45) is 1.24. The van der Waals surface area contributed by atoms with Gasteiger partial charge in [-0.05, 0) is 11.1 Å².